The number of hydrazone groups is 1. The average molecular weight is 274 g/mol. The summed E-state index contributed by atoms with van der Waals surface area (Å²) in [7, 11) is 0. The molecule has 0 unspecified atom stereocenters. The van der Waals surface area contributed by atoms with Crippen LogP contribution in [0.2, 0.25) is 0 Å². The van der Waals surface area contributed by atoms with E-state index in [2.05, 4.69) is 10.5 Å². The molecular formula is C15H12F2N2O. The first-order chi connectivity index (χ1) is 9.58. The van der Waals surface area contributed by atoms with Crippen LogP contribution >= 0.6 is 0 Å². The van der Waals surface area contributed by atoms with Crippen LogP contribution in [0.25, 0.3) is 0 Å². The van der Waals surface area contributed by atoms with Gasteiger partial charge in [-0.25, -0.2) is 14.2 Å². The minimum absolute atomic E-state index is 0.139. The van der Waals surface area contributed by atoms with Gasteiger partial charge in [0.15, 0.2) is 0 Å². The van der Waals surface area contributed by atoms with Crippen LogP contribution in [0.3, 0.4) is 0 Å². The van der Waals surface area contributed by atoms with Gasteiger partial charge in [0, 0.05) is 17.2 Å². The summed E-state index contributed by atoms with van der Waals surface area (Å²) in [5.41, 5.74) is 3.17. The van der Waals surface area contributed by atoms with Crippen molar-refractivity contribution in [1.29, 1.82) is 0 Å². The number of hydrogen-bond donors (Lipinski definition) is 1. The molecule has 1 amide bonds. The van der Waals surface area contributed by atoms with E-state index in [4.69, 9.17) is 0 Å². The van der Waals surface area contributed by atoms with Gasteiger partial charge in [0.2, 0.25) is 0 Å². The van der Waals surface area contributed by atoms with Gasteiger partial charge in [-0.1, -0.05) is 18.2 Å². The van der Waals surface area contributed by atoms with Gasteiger partial charge in [-0.2, -0.15) is 5.10 Å². The highest BCUT2D eigenvalue weighted by Crippen LogP contribution is 2.10. The smallest absolute Gasteiger partial charge is 0.267 e. The molecule has 5 heteroatoms. The predicted octanol–water partition coefficient (Wildman–Crippen LogP) is 3.12. The van der Waals surface area contributed by atoms with E-state index < -0.39 is 17.5 Å². The number of halogens is 2. The number of rotatable bonds is 3. The van der Waals surface area contributed by atoms with Gasteiger partial charge >= 0.3 is 0 Å². The van der Waals surface area contributed by atoms with Gasteiger partial charge in [-0.15, -0.1) is 0 Å². The summed E-state index contributed by atoms with van der Waals surface area (Å²) in [5, 5.41) is 3.82. The van der Waals surface area contributed by atoms with Crippen molar-refractivity contribution >= 4 is 11.6 Å². The number of benzene rings is 2. The molecule has 2 rings (SSSR count). The summed E-state index contributed by atoms with van der Waals surface area (Å²) >= 11 is 0. The average Bonchev–Trinajstić information content (AvgIpc) is 2.45. The zero-order valence-electron chi connectivity index (χ0n) is 10.7. The molecule has 0 fully saturated rings. The monoisotopic (exact) mass is 274 g/mol. The molecule has 0 saturated heterocycles. The van der Waals surface area contributed by atoms with Gasteiger partial charge in [0.1, 0.15) is 11.6 Å². The Hall–Kier alpha value is -2.56. The van der Waals surface area contributed by atoms with E-state index in [1.54, 1.807) is 30.3 Å². The van der Waals surface area contributed by atoms with Crippen molar-refractivity contribution < 1.29 is 13.6 Å². The lowest BCUT2D eigenvalue weighted by atomic mass is 10.1. The van der Waals surface area contributed by atoms with Gasteiger partial charge in [-0.05, 0) is 31.2 Å². The Kier molecular flexibility index (Phi) is 4.20. The maximum absolute atomic E-state index is 13.5. The molecule has 0 aliphatic heterocycles. The Labute approximate surface area is 114 Å². The molecular weight excluding hydrogens is 262 g/mol. The zero-order valence-corrected chi connectivity index (χ0v) is 10.7. The van der Waals surface area contributed by atoms with E-state index in [0.29, 0.717) is 5.56 Å². The highest BCUT2D eigenvalue weighted by molar-refractivity contribution is 6.01. The van der Waals surface area contributed by atoms with Crippen molar-refractivity contribution in [2.24, 2.45) is 5.10 Å². The van der Waals surface area contributed by atoms with Crippen LogP contribution in [0.4, 0.5) is 8.78 Å². The van der Waals surface area contributed by atoms with Crippen LogP contribution < -0.4 is 5.43 Å². The Bertz CT molecular complexity index is 654. The molecule has 0 atom stereocenters. The molecule has 1 N–H and O–H groups in total. The fraction of sp³-hybridized carbons (Fsp3) is 0.0667. The highest BCUT2D eigenvalue weighted by atomic mass is 19.1. The molecule has 0 saturated carbocycles. The van der Waals surface area contributed by atoms with Gasteiger partial charge in [0.25, 0.3) is 5.91 Å². The summed E-state index contributed by atoms with van der Waals surface area (Å²) in [4.78, 5) is 11.7. The minimum Gasteiger partial charge on any atom is -0.267 e. The Morgan fingerprint density at radius 1 is 1.10 bits per heavy atom. The fourth-order valence-electron chi connectivity index (χ4n) is 1.63. The van der Waals surface area contributed by atoms with E-state index >= 15 is 0 Å². The highest BCUT2D eigenvalue weighted by Gasteiger charge is 2.08. The molecule has 0 aliphatic carbocycles. The summed E-state index contributed by atoms with van der Waals surface area (Å²) in [6.45, 7) is 1.53. The summed E-state index contributed by atoms with van der Waals surface area (Å²) < 4.78 is 26.3. The van der Waals surface area contributed by atoms with E-state index in [1.807, 2.05) is 0 Å². The molecule has 2 aromatic carbocycles. The molecule has 0 spiro atoms. The van der Waals surface area contributed by atoms with Gasteiger partial charge in [0.05, 0.1) is 5.71 Å². The van der Waals surface area contributed by atoms with Crippen molar-refractivity contribution in [2.45, 2.75) is 6.92 Å². The normalized spacial score (nSPS) is 11.2. The predicted molar refractivity (Wildman–Crippen MR) is 72.5 cm³/mol. The Balaban J connectivity index is 2.13. The van der Waals surface area contributed by atoms with Crippen molar-refractivity contribution in [2.75, 3.05) is 0 Å². The maximum atomic E-state index is 13.5. The molecule has 0 aromatic heterocycles. The SMILES string of the molecule is C/C(=N\NC(=O)c1ccccc1)c1ccc(F)cc1F. The topological polar surface area (TPSA) is 41.5 Å². The summed E-state index contributed by atoms with van der Waals surface area (Å²) in [5.74, 6) is -1.78. The third-order valence-electron chi connectivity index (χ3n) is 2.68. The molecule has 0 bridgehead atoms. The van der Waals surface area contributed by atoms with Crippen LogP contribution in [0.5, 0.6) is 0 Å². The number of hydrogen-bond acceptors (Lipinski definition) is 2. The summed E-state index contributed by atoms with van der Waals surface area (Å²) in [6.07, 6.45) is 0. The minimum atomic E-state index is -0.722. The molecule has 2 aromatic rings. The standard InChI is InChI=1S/C15H12F2N2O/c1-10(13-8-7-12(16)9-14(13)17)18-19-15(20)11-5-3-2-4-6-11/h2-9H,1H3,(H,19,20)/b18-10+. The first-order valence-electron chi connectivity index (χ1n) is 5.93. The number of nitrogens with one attached hydrogen (secondary N) is 1. The molecule has 0 radical (unpaired) electrons. The molecule has 0 heterocycles. The van der Waals surface area contributed by atoms with Crippen LogP contribution in [0.15, 0.2) is 53.6 Å². The van der Waals surface area contributed by atoms with Crippen molar-refractivity contribution in [3.05, 3.63) is 71.3 Å². The third kappa shape index (κ3) is 3.26. The van der Waals surface area contributed by atoms with Crippen LogP contribution in [0, 0.1) is 11.6 Å². The molecule has 102 valence electrons. The second kappa shape index (κ2) is 6.06. The van der Waals surface area contributed by atoms with Crippen molar-refractivity contribution in [1.82, 2.24) is 5.43 Å². The van der Waals surface area contributed by atoms with Crippen molar-refractivity contribution in [3.63, 3.8) is 0 Å². The first-order valence-corrected chi connectivity index (χ1v) is 5.93. The lowest BCUT2D eigenvalue weighted by Crippen LogP contribution is -2.19. The number of carbonyl (C=O) groups excluding carboxylic acids is 1. The lowest BCUT2D eigenvalue weighted by molar-refractivity contribution is 0.0955. The zero-order chi connectivity index (χ0) is 14.5. The summed E-state index contributed by atoms with van der Waals surface area (Å²) in [6, 6.07) is 11.7. The number of amides is 1. The second-order valence-electron chi connectivity index (χ2n) is 4.13. The second-order valence-corrected chi connectivity index (χ2v) is 4.13. The van der Waals surface area contributed by atoms with Crippen LogP contribution in [-0.2, 0) is 0 Å². The van der Waals surface area contributed by atoms with E-state index in [0.717, 1.165) is 12.1 Å². The lowest BCUT2D eigenvalue weighted by Gasteiger charge is -2.04. The van der Waals surface area contributed by atoms with Crippen LogP contribution in [0.1, 0.15) is 22.8 Å². The molecule has 20 heavy (non-hydrogen) atoms. The first kappa shape index (κ1) is 13.9. The fourth-order valence-corrected chi connectivity index (χ4v) is 1.63. The van der Waals surface area contributed by atoms with Gasteiger partial charge < -0.3 is 0 Å². The Morgan fingerprint density at radius 3 is 2.45 bits per heavy atom. The van der Waals surface area contributed by atoms with Crippen LogP contribution in [-0.4, -0.2) is 11.6 Å². The third-order valence-corrected chi connectivity index (χ3v) is 2.68. The quantitative estimate of drug-likeness (QED) is 0.678. The van der Waals surface area contributed by atoms with Crippen molar-refractivity contribution in [3.8, 4) is 0 Å². The van der Waals surface area contributed by atoms with E-state index in [-0.39, 0.29) is 11.3 Å². The number of carbonyl (C=O) groups is 1. The largest absolute Gasteiger partial charge is 0.271 e. The molecule has 0 aliphatic rings. The van der Waals surface area contributed by atoms with Gasteiger partial charge in [-0.3, -0.25) is 4.79 Å². The maximum Gasteiger partial charge on any atom is 0.271 e. The number of nitrogens with zero attached hydrogens (tertiary/aromatic N) is 1. The van der Waals surface area contributed by atoms with E-state index in [9.17, 15) is 13.6 Å². The Morgan fingerprint density at radius 2 is 1.80 bits per heavy atom. The molecule has 3 nitrogen and oxygen atoms in total. The van der Waals surface area contributed by atoms with E-state index in [1.165, 1.54) is 13.0 Å².